The number of fused-ring (bicyclic) bond motifs is 1. The Kier molecular flexibility index (Phi) is 5.49. The van der Waals surface area contributed by atoms with Crippen molar-refractivity contribution < 1.29 is 19.1 Å². The summed E-state index contributed by atoms with van der Waals surface area (Å²) < 4.78 is 11.2. The van der Waals surface area contributed by atoms with Crippen LogP contribution in [0, 0.1) is 0 Å². The Balaban J connectivity index is 1.86. The molecule has 1 aliphatic rings. The average molecular weight is 406 g/mol. The highest BCUT2D eigenvalue weighted by atomic mass is 16.6. The van der Waals surface area contributed by atoms with Crippen LogP contribution in [0.25, 0.3) is 5.78 Å². The zero-order valence-electron chi connectivity index (χ0n) is 17.3. The molecule has 1 aliphatic heterocycles. The number of ether oxygens (including phenoxy) is 2. The Bertz CT molecular complexity index is 981. The summed E-state index contributed by atoms with van der Waals surface area (Å²) in [5, 5.41) is 2.64. The van der Waals surface area contributed by atoms with E-state index < -0.39 is 11.6 Å². The minimum atomic E-state index is -0.680. The van der Waals surface area contributed by atoms with E-state index in [2.05, 4.69) is 19.8 Å². The Morgan fingerprint density at radius 3 is 2.34 bits per heavy atom. The summed E-state index contributed by atoms with van der Waals surface area (Å²) in [7, 11) is 1.23. The van der Waals surface area contributed by atoms with Crippen molar-refractivity contribution in [3.05, 3.63) is 21.9 Å². The third-order valence-corrected chi connectivity index (χ3v) is 4.50. The predicted octanol–water partition coefficient (Wildman–Crippen LogP) is 0.824. The SMILES string of the molecule is CCc1nc2nc(C(=O)OC)[nH]n2c(=O)c1N1CCN(C(=O)OC(C)(C)C)CC1. The fourth-order valence-corrected chi connectivity index (χ4v) is 3.14. The number of hydrogen-bond acceptors (Lipinski definition) is 8. The molecule has 3 heterocycles. The molecule has 1 N–H and O–H groups in total. The van der Waals surface area contributed by atoms with Gasteiger partial charge in [0.2, 0.25) is 5.82 Å². The van der Waals surface area contributed by atoms with Gasteiger partial charge in [-0.1, -0.05) is 6.92 Å². The zero-order valence-corrected chi connectivity index (χ0v) is 17.3. The quantitative estimate of drug-likeness (QED) is 0.744. The van der Waals surface area contributed by atoms with Crippen LogP contribution >= 0.6 is 0 Å². The first-order valence-electron chi connectivity index (χ1n) is 9.47. The molecule has 0 atom stereocenters. The molecular weight excluding hydrogens is 380 g/mol. The molecule has 0 saturated carbocycles. The fourth-order valence-electron chi connectivity index (χ4n) is 3.14. The number of H-pyrrole nitrogens is 1. The second-order valence-electron chi connectivity index (χ2n) is 7.72. The summed E-state index contributed by atoms with van der Waals surface area (Å²) >= 11 is 0. The van der Waals surface area contributed by atoms with Crippen molar-refractivity contribution in [2.24, 2.45) is 0 Å². The highest BCUT2D eigenvalue weighted by molar-refractivity contribution is 5.85. The topological polar surface area (TPSA) is 122 Å². The minimum Gasteiger partial charge on any atom is -0.463 e. The molecule has 1 saturated heterocycles. The highest BCUT2D eigenvalue weighted by Gasteiger charge is 2.29. The summed E-state index contributed by atoms with van der Waals surface area (Å²) in [6.07, 6.45) is 0.155. The molecule has 11 nitrogen and oxygen atoms in total. The number of aromatic amines is 1. The van der Waals surface area contributed by atoms with Crippen LogP contribution in [0.2, 0.25) is 0 Å². The van der Waals surface area contributed by atoms with E-state index in [1.807, 2.05) is 32.6 Å². The molecule has 0 spiro atoms. The predicted molar refractivity (Wildman–Crippen MR) is 104 cm³/mol. The molecule has 2 aromatic rings. The summed E-state index contributed by atoms with van der Waals surface area (Å²) in [6, 6.07) is 0. The van der Waals surface area contributed by atoms with Gasteiger partial charge in [-0.15, -0.1) is 0 Å². The maximum absolute atomic E-state index is 13.1. The maximum Gasteiger partial charge on any atom is 0.410 e. The van der Waals surface area contributed by atoms with E-state index in [0.717, 1.165) is 4.52 Å². The zero-order chi connectivity index (χ0) is 21.3. The van der Waals surface area contributed by atoms with E-state index in [0.29, 0.717) is 44.0 Å². The summed E-state index contributed by atoms with van der Waals surface area (Å²) in [5.74, 6) is -0.657. The molecule has 0 bridgehead atoms. The van der Waals surface area contributed by atoms with E-state index >= 15 is 0 Å². The number of hydrogen-bond donors (Lipinski definition) is 1. The van der Waals surface area contributed by atoms with Gasteiger partial charge in [-0.25, -0.2) is 14.6 Å². The summed E-state index contributed by atoms with van der Waals surface area (Å²) in [4.78, 5) is 49.1. The molecule has 11 heteroatoms. The molecule has 0 radical (unpaired) electrons. The molecule has 158 valence electrons. The summed E-state index contributed by atoms with van der Waals surface area (Å²) in [5.41, 5.74) is 0.118. The van der Waals surface area contributed by atoms with E-state index in [1.165, 1.54) is 7.11 Å². The van der Waals surface area contributed by atoms with Crippen molar-refractivity contribution >= 4 is 23.5 Å². The van der Waals surface area contributed by atoms with Gasteiger partial charge in [0.05, 0.1) is 12.8 Å². The number of amides is 1. The minimum absolute atomic E-state index is 0.0916. The van der Waals surface area contributed by atoms with Crippen LogP contribution in [-0.2, 0) is 15.9 Å². The van der Waals surface area contributed by atoms with Crippen molar-refractivity contribution in [2.45, 2.75) is 39.7 Å². The molecule has 0 aromatic carbocycles. The van der Waals surface area contributed by atoms with E-state index in [-0.39, 0.29) is 23.3 Å². The van der Waals surface area contributed by atoms with Crippen molar-refractivity contribution in [3.8, 4) is 0 Å². The maximum atomic E-state index is 13.1. The van der Waals surface area contributed by atoms with Gasteiger partial charge < -0.3 is 19.3 Å². The number of esters is 1. The van der Waals surface area contributed by atoms with Crippen molar-refractivity contribution in [1.82, 2.24) is 24.5 Å². The lowest BCUT2D eigenvalue weighted by molar-refractivity contribution is 0.0240. The molecule has 1 fully saturated rings. The van der Waals surface area contributed by atoms with Crippen LogP contribution in [0.4, 0.5) is 10.5 Å². The van der Waals surface area contributed by atoms with Crippen LogP contribution in [-0.4, -0.2) is 75.4 Å². The number of anilines is 1. The molecule has 3 rings (SSSR count). The smallest absolute Gasteiger partial charge is 0.410 e. The Labute approximate surface area is 167 Å². The van der Waals surface area contributed by atoms with Crippen LogP contribution in [0.15, 0.2) is 4.79 Å². The number of methoxy groups -OCH3 is 1. The van der Waals surface area contributed by atoms with Crippen molar-refractivity contribution in [3.63, 3.8) is 0 Å². The lowest BCUT2D eigenvalue weighted by Crippen LogP contribution is -2.51. The van der Waals surface area contributed by atoms with E-state index in [9.17, 15) is 14.4 Å². The first-order valence-corrected chi connectivity index (χ1v) is 9.47. The van der Waals surface area contributed by atoms with Crippen LogP contribution in [0.1, 0.15) is 44.0 Å². The van der Waals surface area contributed by atoms with Crippen LogP contribution in [0.3, 0.4) is 0 Å². The Morgan fingerprint density at radius 1 is 1.14 bits per heavy atom. The number of carbonyl (C=O) groups is 2. The van der Waals surface area contributed by atoms with Crippen molar-refractivity contribution in [2.75, 3.05) is 38.2 Å². The molecule has 29 heavy (non-hydrogen) atoms. The number of rotatable bonds is 3. The van der Waals surface area contributed by atoms with Crippen LogP contribution < -0.4 is 10.5 Å². The largest absolute Gasteiger partial charge is 0.463 e. The lowest BCUT2D eigenvalue weighted by Gasteiger charge is -2.36. The standard InChI is InChI=1S/C18H26N6O5/c1-6-11-12(14(25)24-16(19-11)20-13(21-24)15(26)28-5)22-7-9-23(10-8-22)17(27)29-18(2,3)4/h6-10H2,1-5H3,(H,19,20,21). The van der Waals surface area contributed by atoms with Gasteiger partial charge in [0.1, 0.15) is 11.3 Å². The average Bonchev–Trinajstić information content (AvgIpc) is 3.10. The number of carbonyl (C=O) groups excluding carboxylic acids is 2. The van der Waals surface area contributed by atoms with Gasteiger partial charge in [-0.2, -0.15) is 9.50 Å². The van der Waals surface area contributed by atoms with Gasteiger partial charge in [0.25, 0.3) is 11.3 Å². The third kappa shape index (κ3) is 4.17. The second kappa shape index (κ2) is 7.72. The lowest BCUT2D eigenvalue weighted by atomic mass is 10.2. The van der Waals surface area contributed by atoms with Gasteiger partial charge in [-0.05, 0) is 27.2 Å². The number of nitrogens with zero attached hydrogens (tertiary/aromatic N) is 5. The monoisotopic (exact) mass is 406 g/mol. The fraction of sp³-hybridized carbons (Fsp3) is 0.611. The third-order valence-electron chi connectivity index (χ3n) is 4.50. The van der Waals surface area contributed by atoms with E-state index in [1.54, 1.807) is 4.90 Å². The second-order valence-corrected chi connectivity index (χ2v) is 7.72. The molecule has 0 aliphatic carbocycles. The number of piperazine rings is 1. The number of aromatic nitrogens is 4. The van der Waals surface area contributed by atoms with Gasteiger partial charge in [-0.3, -0.25) is 9.89 Å². The molecular formula is C18H26N6O5. The van der Waals surface area contributed by atoms with Gasteiger partial charge in [0.15, 0.2) is 0 Å². The molecule has 1 amide bonds. The normalized spacial score (nSPS) is 14.9. The first-order chi connectivity index (χ1) is 13.6. The van der Waals surface area contributed by atoms with Gasteiger partial charge in [0, 0.05) is 26.2 Å². The Hall–Kier alpha value is -3.11. The first kappa shape index (κ1) is 20.6. The molecule has 2 aromatic heterocycles. The van der Waals surface area contributed by atoms with Gasteiger partial charge >= 0.3 is 12.1 Å². The number of aryl methyl sites for hydroxylation is 1. The summed E-state index contributed by atoms with van der Waals surface area (Å²) in [6.45, 7) is 9.15. The van der Waals surface area contributed by atoms with Crippen molar-refractivity contribution in [1.29, 1.82) is 0 Å². The van der Waals surface area contributed by atoms with Crippen LogP contribution in [0.5, 0.6) is 0 Å². The number of nitrogens with one attached hydrogen (secondary N) is 1. The molecule has 0 unspecified atom stereocenters. The highest BCUT2D eigenvalue weighted by Crippen LogP contribution is 2.19. The Morgan fingerprint density at radius 2 is 1.79 bits per heavy atom. The van der Waals surface area contributed by atoms with E-state index in [4.69, 9.17) is 4.74 Å².